The van der Waals surface area contributed by atoms with Crippen LogP contribution in [0, 0.1) is 5.82 Å². The van der Waals surface area contributed by atoms with Gasteiger partial charge in [-0.3, -0.25) is 0 Å². The molecule has 108 valence electrons. The van der Waals surface area contributed by atoms with Gasteiger partial charge >= 0.3 is 5.97 Å². The van der Waals surface area contributed by atoms with Gasteiger partial charge < -0.3 is 13.7 Å². The van der Waals surface area contributed by atoms with Gasteiger partial charge in [-0.1, -0.05) is 22.0 Å². The Balaban J connectivity index is 2.10. The van der Waals surface area contributed by atoms with Crippen molar-refractivity contribution in [2.24, 2.45) is 0 Å². The number of hydrogen-bond donors (Lipinski definition) is 0. The standard InChI is InChI=1S/C15H11BrFNO3/c1-20-15(19)13-7-14-12(4-5-21-14)18(13)8-9-2-3-10(16)6-11(9)17/h2-7H,8H2,1H3. The second-order valence-corrected chi connectivity index (χ2v) is 5.43. The number of ether oxygens (including phenoxy) is 1. The van der Waals surface area contributed by atoms with Gasteiger partial charge in [-0.25, -0.2) is 9.18 Å². The fraction of sp³-hybridized carbons (Fsp3) is 0.133. The number of rotatable bonds is 3. The number of halogens is 2. The van der Waals surface area contributed by atoms with E-state index in [0.717, 1.165) is 5.52 Å². The third-order valence-corrected chi connectivity index (χ3v) is 3.75. The highest BCUT2D eigenvalue weighted by Gasteiger charge is 2.19. The Morgan fingerprint density at radius 3 is 2.90 bits per heavy atom. The molecule has 0 atom stereocenters. The highest BCUT2D eigenvalue weighted by atomic mass is 79.9. The van der Waals surface area contributed by atoms with Gasteiger partial charge in [-0.2, -0.15) is 0 Å². The van der Waals surface area contributed by atoms with Gasteiger partial charge in [-0.05, 0) is 12.1 Å². The molecule has 0 N–H and O–H groups in total. The van der Waals surface area contributed by atoms with Crippen LogP contribution in [0.25, 0.3) is 11.1 Å². The number of carbonyl (C=O) groups is 1. The fourth-order valence-corrected chi connectivity index (χ4v) is 2.57. The first kappa shape index (κ1) is 13.9. The molecule has 0 bridgehead atoms. The first-order valence-corrected chi connectivity index (χ1v) is 6.98. The molecule has 0 aliphatic heterocycles. The molecular formula is C15H11BrFNO3. The van der Waals surface area contributed by atoms with Crippen molar-refractivity contribution < 1.29 is 18.3 Å². The number of nitrogens with zero attached hydrogens (tertiary/aromatic N) is 1. The number of benzene rings is 1. The molecule has 3 rings (SSSR count). The molecule has 4 nitrogen and oxygen atoms in total. The van der Waals surface area contributed by atoms with Crippen LogP contribution >= 0.6 is 15.9 Å². The smallest absolute Gasteiger partial charge is 0.354 e. The minimum atomic E-state index is -0.487. The largest absolute Gasteiger partial charge is 0.464 e. The molecule has 3 aromatic rings. The van der Waals surface area contributed by atoms with Crippen molar-refractivity contribution in [2.45, 2.75) is 6.54 Å². The zero-order chi connectivity index (χ0) is 15.0. The Bertz CT molecular complexity index is 822. The van der Waals surface area contributed by atoms with Crippen LogP contribution in [0.4, 0.5) is 4.39 Å². The summed E-state index contributed by atoms with van der Waals surface area (Å²) in [6.07, 6.45) is 1.53. The number of fused-ring (bicyclic) bond motifs is 1. The van der Waals surface area contributed by atoms with Gasteiger partial charge in [0, 0.05) is 22.2 Å². The molecule has 0 aliphatic rings. The van der Waals surface area contributed by atoms with Gasteiger partial charge in [-0.15, -0.1) is 0 Å². The summed E-state index contributed by atoms with van der Waals surface area (Å²) in [5.41, 5.74) is 2.09. The third-order valence-electron chi connectivity index (χ3n) is 3.26. The maximum atomic E-state index is 14.0. The third kappa shape index (κ3) is 2.47. The topological polar surface area (TPSA) is 44.4 Å². The molecule has 0 saturated carbocycles. The van der Waals surface area contributed by atoms with E-state index in [1.807, 2.05) is 0 Å². The number of methoxy groups -OCH3 is 1. The summed E-state index contributed by atoms with van der Waals surface area (Å²) >= 11 is 3.22. The summed E-state index contributed by atoms with van der Waals surface area (Å²) in [4.78, 5) is 11.8. The van der Waals surface area contributed by atoms with Crippen molar-refractivity contribution in [3.8, 4) is 0 Å². The molecule has 21 heavy (non-hydrogen) atoms. The van der Waals surface area contributed by atoms with E-state index in [4.69, 9.17) is 9.15 Å². The summed E-state index contributed by atoms with van der Waals surface area (Å²) in [5, 5.41) is 0. The van der Waals surface area contributed by atoms with Crippen LogP contribution in [0.5, 0.6) is 0 Å². The SMILES string of the molecule is COC(=O)c1cc2occc2n1Cc1ccc(Br)cc1F. The summed E-state index contributed by atoms with van der Waals surface area (Å²) in [5.74, 6) is -0.829. The van der Waals surface area contributed by atoms with Crippen molar-refractivity contribution in [2.75, 3.05) is 7.11 Å². The summed E-state index contributed by atoms with van der Waals surface area (Å²) in [7, 11) is 1.31. The summed E-state index contributed by atoms with van der Waals surface area (Å²) in [6, 6.07) is 8.15. The molecular weight excluding hydrogens is 341 g/mol. The van der Waals surface area contributed by atoms with Crippen molar-refractivity contribution in [1.82, 2.24) is 4.57 Å². The molecule has 0 aliphatic carbocycles. The van der Waals surface area contributed by atoms with Crippen LogP contribution in [-0.2, 0) is 11.3 Å². The summed E-state index contributed by atoms with van der Waals surface area (Å²) < 4.78 is 26.4. The first-order valence-electron chi connectivity index (χ1n) is 6.19. The molecule has 1 aromatic carbocycles. The van der Waals surface area contributed by atoms with E-state index in [-0.39, 0.29) is 12.4 Å². The zero-order valence-electron chi connectivity index (χ0n) is 11.1. The maximum Gasteiger partial charge on any atom is 0.354 e. The molecule has 0 saturated heterocycles. The maximum absolute atomic E-state index is 14.0. The zero-order valence-corrected chi connectivity index (χ0v) is 12.7. The van der Waals surface area contributed by atoms with Crippen LogP contribution < -0.4 is 0 Å². The van der Waals surface area contributed by atoms with Gasteiger partial charge in [0.2, 0.25) is 0 Å². The van der Waals surface area contributed by atoms with E-state index in [1.165, 1.54) is 19.4 Å². The van der Waals surface area contributed by atoms with Crippen LogP contribution in [0.1, 0.15) is 16.1 Å². The molecule has 2 heterocycles. The van der Waals surface area contributed by atoms with Crippen LogP contribution in [0.2, 0.25) is 0 Å². The predicted molar refractivity (Wildman–Crippen MR) is 78.7 cm³/mol. The van der Waals surface area contributed by atoms with Gasteiger partial charge in [0.1, 0.15) is 11.5 Å². The molecule has 0 radical (unpaired) electrons. The molecule has 0 unspecified atom stereocenters. The Morgan fingerprint density at radius 2 is 2.19 bits per heavy atom. The summed E-state index contributed by atoms with van der Waals surface area (Å²) in [6.45, 7) is 0.215. The van der Waals surface area contributed by atoms with E-state index in [9.17, 15) is 9.18 Å². The lowest BCUT2D eigenvalue weighted by Gasteiger charge is -2.10. The van der Waals surface area contributed by atoms with Crippen molar-refractivity contribution in [3.05, 3.63) is 58.1 Å². The van der Waals surface area contributed by atoms with Crippen LogP contribution in [-0.4, -0.2) is 17.6 Å². The van der Waals surface area contributed by atoms with Crippen LogP contribution in [0.3, 0.4) is 0 Å². The lowest BCUT2D eigenvalue weighted by molar-refractivity contribution is 0.0589. The Labute approximate surface area is 128 Å². The lowest BCUT2D eigenvalue weighted by Crippen LogP contribution is -2.12. The van der Waals surface area contributed by atoms with Gasteiger partial charge in [0.15, 0.2) is 5.58 Å². The van der Waals surface area contributed by atoms with Crippen molar-refractivity contribution in [1.29, 1.82) is 0 Å². The molecule has 6 heteroatoms. The Morgan fingerprint density at radius 1 is 1.38 bits per heavy atom. The molecule has 0 amide bonds. The average Bonchev–Trinajstić information content (AvgIpc) is 3.03. The Kier molecular flexibility index (Phi) is 3.55. The Hall–Kier alpha value is -2.08. The van der Waals surface area contributed by atoms with Crippen molar-refractivity contribution >= 4 is 33.0 Å². The molecule has 0 fully saturated rings. The number of aromatic nitrogens is 1. The highest BCUT2D eigenvalue weighted by molar-refractivity contribution is 9.10. The van der Waals surface area contributed by atoms with E-state index in [2.05, 4.69) is 15.9 Å². The monoisotopic (exact) mass is 351 g/mol. The van der Waals surface area contributed by atoms with Crippen molar-refractivity contribution in [3.63, 3.8) is 0 Å². The first-order chi connectivity index (χ1) is 10.1. The number of furan rings is 1. The second kappa shape index (κ2) is 5.37. The lowest BCUT2D eigenvalue weighted by atomic mass is 10.2. The average molecular weight is 352 g/mol. The fourth-order valence-electron chi connectivity index (χ4n) is 2.24. The van der Waals surface area contributed by atoms with E-state index >= 15 is 0 Å². The number of hydrogen-bond acceptors (Lipinski definition) is 3. The number of esters is 1. The highest BCUT2D eigenvalue weighted by Crippen LogP contribution is 2.24. The molecule has 0 spiro atoms. The van der Waals surface area contributed by atoms with E-state index in [0.29, 0.717) is 21.3 Å². The van der Waals surface area contributed by atoms with E-state index in [1.54, 1.807) is 28.8 Å². The minimum Gasteiger partial charge on any atom is -0.464 e. The number of carbonyl (C=O) groups excluding carboxylic acids is 1. The van der Waals surface area contributed by atoms with E-state index < -0.39 is 5.97 Å². The van der Waals surface area contributed by atoms with Gasteiger partial charge in [0.25, 0.3) is 0 Å². The minimum absolute atomic E-state index is 0.215. The predicted octanol–water partition coefficient (Wildman–Crippen LogP) is 3.97. The molecule has 2 aromatic heterocycles. The van der Waals surface area contributed by atoms with Gasteiger partial charge in [0.05, 0.1) is 25.4 Å². The quantitative estimate of drug-likeness (QED) is 0.670. The van der Waals surface area contributed by atoms with Crippen LogP contribution in [0.15, 0.2) is 45.5 Å². The second-order valence-electron chi connectivity index (χ2n) is 4.51. The normalized spacial score (nSPS) is 11.0.